The van der Waals surface area contributed by atoms with Gasteiger partial charge in [-0.1, -0.05) is 42.5 Å². The van der Waals surface area contributed by atoms with Gasteiger partial charge in [-0.2, -0.15) is 30.7 Å². The van der Waals surface area contributed by atoms with Gasteiger partial charge < -0.3 is 19.9 Å². The molecule has 0 aliphatic heterocycles. The van der Waals surface area contributed by atoms with E-state index < -0.39 is 43.2 Å². The number of hydrogen-bond donors (Lipinski definition) is 3. The van der Waals surface area contributed by atoms with Crippen LogP contribution < -0.4 is 20.1 Å². The number of methoxy groups -OCH3 is 1. The zero-order valence-corrected chi connectivity index (χ0v) is 20.0. The van der Waals surface area contributed by atoms with Crippen LogP contribution in [0.25, 0.3) is 0 Å². The van der Waals surface area contributed by atoms with Gasteiger partial charge in [0.05, 0.1) is 7.11 Å². The zero-order chi connectivity index (χ0) is 28.0. The van der Waals surface area contributed by atoms with E-state index in [9.17, 15) is 35.8 Å². The number of anilines is 1. The molecule has 0 fully saturated rings. The van der Waals surface area contributed by atoms with E-state index in [0.717, 1.165) is 23.8 Å². The molecule has 206 valence electrons. The van der Waals surface area contributed by atoms with Gasteiger partial charge >= 0.3 is 18.7 Å². The molecule has 0 aliphatic carbocycles. The number of para-hydroxylation sites is 1. The van der Waals surface area contributed by atoms with Crippen molar-refractivity contribution in [1.82, 2.24) is 5.32 Å². The van der Waals surface area contributed by atoms with Crippen LogP contribution in [-0.4, -0.2) is 36.7 Å². The van der Waals surface area contributed by atoms with Crippen LogP contribution in [0.4, 0.5) is 36.4 Å². The lowest BCUT2D eigenvalue weighted by atomic mass is 9.99. The largest absolute Gasteiger partial charge is 0.497 e. The molecule has 1 unspecified atom stereocenters. The average molecular weight is 546 g/mol. The van der Waals surface area contributed by atoms with Crippen molar-refractivity contribution in [2.45, 2.75) is 43.9 Å². The van der Waals surface area contributed by atoms with Crippen molar-refractivity contribution in [3.63, 3.8) is 0 Å². The van der Waals surface area contributed by atoms with Crippen molar-refractivity contribution >= 4 is 5.69 Å². The van der Waals surface area contributed by atoms with Gasteiger partial charge in [-0.25, -0.2) is 0 Å². The predicted molar refractivity (Wildman–Crippen MR) is 126 cm³/mol. The first-order chi connectivity index (χ1) is 17.8. The fourth-order valence-corrected chi connectivity index (χ4v) is 3.50. The second-order valence-electron chi connectivity index (χ2n) is 8.36. The Labute approximate surface area is 214 Å². The number of ether oxygens (including phenoxy) is 2. The van der Waals surface area contributed by atoms with E-state index in [-0.39, 0.29) is 17.7 Å². The van der Waals surface area contributed by atoms with Gasteiger partial charge in [-0.3, -0.25) is 5.32 Å². The number of hydrogen-bond acceptors (Lipinski definition) is 5. The molecule has 3 N–H and O–H groups in total. The fraction of sp³-hybridized carbons (Fsp3) is 0.308. The highest BCUT2D eigenvalue weighted by Gasteiger charge is 2.53. The molecule has 5 nitrogen and oxygen atoms in total. The molecular formula is C26H25F7N2O3. The van der Waals surface area contributed by atoms with E-state index in [2.05, 4.69) is 10.1 Å². The highest BCUT2D eigenvalue weighted by molar-refractivity contribution is 5.52. The molecule has 0 saturated carbocycles. The first-order valence-corrected chi connectivity index (χ1v) is 11.3. The molecule has 3 aromatic carbocycles. The maximum Gasteiger partial charge on any atom is 0.461 e. The molecule has 0 aliphatic rings. The Morgan fingerprint density at radius 1 is 0.816 bits per heavy atom. The molecule has 0 heterocycles. The SMILES string of the molecule is COc1ccc(CNc2ccccc2CC(O)(NCc2cccc(OC(F)(F)C(F)F)c2)C(F)(F)F)cc1. The normalized spacial score (nSPS) is 13.7. The zero-order valence-electron chi connectivity index (χ0n) is 20.0. The van der Waals surface area contributed by atoms with Gasteiger partial charge in [0.2, 0.25) is 5.72 Å². The third kappa shape index (κ3) is 7.51. The molecular weight excluding hydrogens is 521 g/mol. The Morgan fingerprint density at radius 3 is 2.13 bits per heavy atom. The molecule has 0 saturated heterocycles. The van der Waals surface area contributed by atoms with Crippen LogP contribution in [-0.2, 0) is 19.5 Å². The molecule has 3 rings (SSSR count). The quantitative estimate of drug-likeness (QED) is 0.189. The molecule has 0 amide bonds. The van der Waals surface area contributed by atoms with E-state index in [1.807, 2.05) is 5.32 Å². The number of aliphatic hydroxyl groups is 1. The van der Waals surface area contributed by atoms with Crippen LogP contribution in [0.1, 0.15) is 16.7 Å². The molecule has 0 aromatic heterocycles. The monoisotopic (exact) mass is 546 g/mol. The summed E-state index contributed by atoms with van der Waals surface area (Å²) in [5.74, 6) is -0.0199. The minimum Gasteiger partial charge on any atom is -0.497 e. The van der Waals surface area contributed by atoms with E-state index in [1.165, 1.54) is 25.3 Å². The summed E-state index contributed by atoms with van der Waals surface area (Å²) < 4.78 is 102. The third-order valence-corrected chi connectivity index (χ3v) is 5.57. The lowest BCUT2D eigenvalue weighted by Gasteiger charge is -2.32. The van der Waals surface area contributed by atoms with Gasteiger partial charge in [0.15, 0.2) is 0 Å². The van der Waals surface area contributed by atoms with E-state index >= 15 is 0 Å². The van der Waals surface area contributed by atoms with E-state index in [4.69, 9.17) is 4.74 Å². The smallest absolute Gasteiger partial charge is 0.461 e. The minimum absolute atomic E-state index is 0.0128. The molecule has 0 spiro atoms. The maximum absolute atomic E-state index is 14.0. The number of halogens is 7. The van der Waals surface area contributed by atoms with Gasteiger partial charge in [-0.15, -0.1) is 0 Å². The Balaban J connectivity index is 1.74. The van der Waals surface area contributed by atoms with Crippen LogP contribution >= 0.6 is 0 Å². The first-order valence-electron chi connectivity index (χ1n) is 11.3. The van der Waals surface area contributed by atoms with Crippen molar-refractivity contribution in [2.24, 2.45) is 0 Å². The number of benzene rings is 3. The second-order valence-corrected chi connectivity index (χ2v) is 8.36. The summed E-state index contributed by atoms with van der Waals surface area (Å²) in [6.45, 7) is -0.343. The fourth-order valence-electron chi connectivity index (χ4n) is 3.50. The molecule has 12 heteroatoms. The number of nitrogens with one attached hydrogen (secondary N) is 2. The molecule has 1 atom stereocenters. The van der Waals surface area contributed by atoms with Crippen LogP contribution in [0.3, 0.4) is 0 Å². The number of alkyl halides is 7. The average Bonchev–Trinajstić information content (AvgIpc) is 2.86. The van der Waals surface area contributed by atoms with Gasteiger partial charge in [0, 0.05) is 25.2 Å². The van der Waals surface area contributed by atoms with Crippen molar-refractivity contribution in [1.29, 1.82) is 0 Å². The Kier molecular flexibility index (Phi) is 9.10. The van der Waals surface area contributed by atoms with Crippen LogP contribution in [0.2, 0.25) is 0 Å². The second kappa shape index (κ2) is 11.9. The van der Waals surface area contributed by atoms with E-state index in [1.54, 1.807) is 36.4 Å². The molecule has 38 heavy (non-hydrogen) atoms. The molecule has 0 bridgehead atoms. The summed E-state index contributed by atoms with van der Waals surface area (Å²) in [5.41, 5.74) is -2.07. The minimum atomic E-state index is -5.13. The molecule has 0 radical (unpaired) electrons. The van der Waals surface area contributed by atoms with Gasteiger partial charge in [0.25, 0.3) is 0 Å². The van der Waals surface area contributed by atoms with Crippen LogP contribution in [0, 0.1) is 0 Å². The predicted octanol–water partition coefficient (Wildman–Crippen LogP) is 6.13. The van der Waals surface area contributed by atoms with Crippen molar-refractivity contribution in [3.8, 4) is 11.5 Å². The summed E-state index contributed by atoms with van der Waals surface area (Å²) in [6.07, 6.45) is -14.9. The summed E-state index contributed by atoms with van der Waals surface area (Å²) in [5, 5.41) is 15.7. The summed E-state index contributed by atoms with van der Waals surface area (Å²) >= 11 is 0. The summed E-state index contributed by atoms with van der Waals surface area (Å²) in [4.78, 5) is 0. The standard InChI is InChI=1S/C26H25F7N2O3/c1-37-20-11-9-17(10-12-20)15-34-22-8-3-2-6-19(22)14-24(36,26(31,32)33)35-16-18-5-4-7-21(13-18)38-25(29,30)23(27)28/h2-13,23,34-36H,14-16H2,1H3. The Hall–Kier alpha value is -3.51. The lowest BCUT2D eigenvalue weighted by Crippen LogP contribution is -2.58. The maximum atomic E-state index is 14.0. The highest BCUT2D eigenvalue weighted by atomic mass is 19.4. The lowest BCUT2D eigenvalue weighted by molar-refractivity contribution is -0.273. The summed E-state index contributed by atoms with van der Waals surface area (Å²) in [6, 6.07) is 17.5. The van der Waals surface area contributed by atoms with Gasteiger partial charge in [-0.05, 0) is 47.0 Å². The molecule has 3 aromatic rings. The number of rotatable bonds is 12. The van der Waals surface area contributed by atoms with E-state index in [0.29, 0.717) is 11.4 Å². The topological polar surface area (TPSA) is 62.8 Å². The third-order valence-electron chi connectivity index (χ3n) is 5.57. The van der Waals surface area contributed by atoms with Crippen molar-refractivity contribution in [2.75, 3.05) is 12.4 Å². The first kappa shape index (κ1) is 29.1. The highest BCUT2D eigenvalue weighted by Crippen LogP contribution is 2.34. The summed E-state index contributed by atoms with van der Waals surface area (Å²) in [7, 11) is 1.52. The van der Waals surface area contributed by atoms with Crippen LogP contribution in [0.5, 0.6) is 11.5 Å². The van der Waals surface area contributed by atoms with Crippen LogP contribution in [0.15, 0.2) is 72.8 Å². The van der Waals surface area contributed by atoms with Gasteiger partial charge in [0.1, 0.15) is 11.5 Å². The Bertz CT molecular complexity index is 1190. The van der Waals surface area contributed by atoms with Crippen molar-refractivity contribution < 1.29 is 45.3 Å². The van der Waals surface area contributed by atoms with Crippen molar-refractivity contribution in [3.05, 3.63) is 89.5 Å². The Morgan fingerprint density at radius 2 is 1.50 bits per heavy atom.